The van der Waals surface area contributed by atoms with E-state index in [1.54, 1.807) is 19.6 Å². The lowest BCUT2D eigenvalue weighted by atomic mass is 10.3. The van der Waals surface area contributed by atoms with E-state index in [1.165, 1.54) is 0 Å². The maximum absolute atomic E-state index is 5.83. The van der Waals surface area contributed by atoms with Gasteiger partial charge in [-0.2, -0.15) is 0 Å². The van der Waals surface area contributed by atoms with Crippen LogP contribution in [-0.4, -0.2) is 16.7 Å². The fraction of sp³-hybridized carbons (Fsp3) is 0.0625. The zero-order chi connectivity index (χ0) is 13.8. The minimum Gasteiger partial charge on any atom is -0.497 e. The SMILES string of the molecule is COc1ccc(-n2cncc2Oc2ccccc2)cc1. The highest BCUT2D eigenvalue weighted by atomic mass is 16.5. The van der Waals surface area contributed by atoms with E-state index in [9.17, 15) is 0 Å². The lowest BCUT2D eigenvalue weighted by molar-refractivity contribution is 0.414. The van der Waals surface area contributed by atoms with Crippen molar-refractivity contribution in [2.24, 2.45) is 0 Å². The summed E-state index contributed by atoms with van der Waals surface area (Å²) in [5.41, 5.74) is 0.967. The van der Waals surface area contributed by atoms with Crippen LogP contribution in [0.15, 0.2) is 67.1 Å². The molecule has 0 unspecified atom stereocenters. The predicted octanol–water partition coefficient (Wildman–Crippen LogP) is 3.67. The van der Waals surface area contributed by atoms with Crippen molar-refractivity contribution in [2.75, 3.05) is 7.11 Å². The van der Waals surface area contributed by atoms with Crippen LogP contribution < -0.4 is 9.47 Å². The number of methoxy groups -OCH3 is 1. The highest BCUT2D eigenvalue weighted by Gasteiger charge is 2.06. The normalized spacial score (nSPS) is 10.2. The van der Waals surface area contributed by atoms with Crippen molar-refractivity contribution in [1.29, 1.82) is 0 Å². The number of imidazole rings is 1. The van der Waals surface area contributed by atoms with Crippen molar-refractivity contribution in [3.63, 3.8) is 0 Å². The van der Waals surface area contributed by atoms with Crippen molar-refractivity contribution >= 4 is 0 Å². The Morgan fingerprint density at radius 1 is 0.900 bits per heavy atom. The Balaban J connectivity index is 1.89. The highest BCUT2D eigenvalue weighted by Crippen LogP contribution is 2.24. The number of hydrogen-bond acceptors (Lipinski definition) is 3. The molecule has 0 spiro atoms. The molecule has 0 atom stereocenters. The summed E-state index contributed by atoms with van der Waals surface area (Å²) < 4.78 is 12.9. The third-order valence-corrected chi connectivity index (χ3v) is 2.92. The van der Waals surface area contributed by atoms with Gasteiger partial charge in [-0.05, 0) is 36.4 Å². The average Bonchev–Trinajstić information content (AvgIpc) is 2.96. The van der Waals surface area contributed by atoms with Gasteiger partial charge in [-0.1, -0.05) is 18.2 Å². The number of benzene rings is 2. The van der Waals surface area contributed by atoms with E-state index in [-0.39, 0.29) is 0 Å². The van der Waals surface area contributed by atoms with Gasteiger partial charge in [-0.25, -0.2) is 4.98 Å². The Bertz CT molecular complexity index is 675. The molecule has 0 fully saturated rings. The molecule has 1 heterocycles. The number of rotatable bonds is 4. The summed E-state index contributed by atoms with van der Waals surface area (Å²) in [6.45, 7) is 0. The van der Waals surface area contributed by atoms with Crippen molar-refractivity contribution in [3.05, 3.63) is 67.1 Å². The highest BCUT2D eigenvalue weighted by molar-refractivity contribution is 5.40. The van der Waals surface area contributed by atoms with E-state index >= 15 is 0 Å². The largest absolute Gasteiger partial charge is 0.497 e. The van der Waals surface area contributed by atoms with Gasteiger partial charge in [-0.3, -0.25) is 4.57 Å². The van der Waals surface area contributed by atoms with E-state index in [0.717, 1.165) is 17.2 Å². The van der Waals surface area contributed by atoms with Gasteiger partial charge in [0.15, 0.2) is 0 Å². The minimum atomic E-state index is 0.668. The molecule has 3 aromatic rings. The van der Waals surface area contributed by atoms with Crippen molar-refractivity contribution in [3.8, 4) is 23.1 Å². The fourth-order valence-electron chi connectivity index (χ4n) is 1.90. The number of hydrogen-bond donors (Lipinski definition) is 0. The first kappa shape index (κ1) is 12.3. The second kappa shape index (κ2) is 5.48. The summed E-state index contributed by atoms with van der Waals surface area (Å²) >= 11 is 0. The topological polar surface area (TPSA) is 36.3 Å². The first-order chi connectivity index (χ1) is 9.86. The minimum absolute atomic E-state index is 0.668. The molecule has 20 heavy (non-hydrogen) atoms. The van der Waals surface area contributed by atoms with Crippen molar-refractivity contribution < 1.29 is 9.47 Å². The molecule has 0 saturated heterocycles. The molecule has 0 saturated carbocycles. The number of aromatic nitrogens is 2. The zero-order valence-corrected chi connectivity index (χ0v) is 11.1. The second-order valence-corrected chi connectivity index (χ2v) is 4.22. The van der Waals surface area contributed by atoms with E-state index in [2.05, 4.69) is 4.98 Å². The lowest BCUT2D eigenvalue weighted by Gasteiger charge is -2.09. The van der Waals surface area contributed by atoms with Gasteiger partial charge in [0, 0.05) is 0 Å². The molecule has 0 aliphatic rings. The molecule has 0 aliphatic heterocycles. The van der Waals surface area contributed by atoms with E-state index in [0.29, 0.717) is 5.88 Å². The number of para-hydroxylation sites is 1. The smallest absolute Gasteiger partial charge is 0.224 e. The van der Waals surface area contributed by atoms with Gasteiger partial charge in [0.05, 0.1) is 19.0 Å². The molecule has 2 aromatic carbocycles. The quantitative estimate of drug-likeness (QED) is 0.722. The third-order valence-electron chi connectivity index (χ3n) is 2.92. The Morgan fingerprint density at radius 2 is 1.65 bits per heavy atom. The molecular formula is C16H14N2O2. The Hall–Kier alpha value is -2.75. The van der Waals surface area contributed by atoms with Gasteiger partial charge in [0.1, 0.15) is 17.8 Å². The van der Waals surface area contributed by atoms with Crippen LogP contribution in [0.5, 0.6) is 17.4 Å². The number of nitrogens with zero attached hydrogens (tertiary/aromatic N) is 2. The molecule has 0 bridgehead atoms. The summed E-state index contributed by atoms with van der Waals surface area (Å²) in [4.78, 5) is 4.14. The van der Waals surface area contributed by atoms with Gasteiger partial charge in [-0.15, -0.1) is 0 Å². The summed E-state index contributed by atoms with van der Waals surface area (Å²) in [5, 5.41) is 0. The lowest BCUT2D eigenvalue weighted by Crippen LogP contribution is -1.96. The number of ether oxygens (including phenoxy) is 2. The van der Waals surface area contributed by atoms with E-state index < -0.39 is 0 Å². The summed E-state index contributed by atoms with van der Waals surface area (Å²) in [6.07, 6.45) is 3.41. The Morgan fingerprint density at radius 3 is 2.35 bits per heavy atom. The zero-order valence-electron chi connectivity index (χ0n) is 11.1. The molecule has 4 heteroatoms. The van der Waals surface area contributed by atoms with Crippen LogP contribution in [0.4, 0.5) is 0 Å². The molecular weight excluding hydrogens is 252 g/mol. The molecule has 3 rings (SSSR count). The fourth-order valence-corrected chi connectivity index (χ4v) is 1.90. The molecule has 0 N–H and O–H groups in total. The van der Waals surface area contributed by atoms with Crippen LogP contribution in [0.2, 0.25) is 0 Å². The van der Waals surface area contributed by atoms with Gasteiger partial charge >= 0.3 is 0 Å². The van der Waals surface area contributed by atoms with Gasteiger partial charge < -0.3 is 9.47 Å². The molecule has 4 nitrogen and oxygen atoms in total. The van der Waals surface area contributed by atoms with Crippen LogP contribution in [-0.2, 0) is 0 Å². The Kier molecular flexibility index (Phi) is 3.37. The van der Waals surface area contributed by atoms with Crippen LogP contribution in [0.25, 0.3) is 5.69 Å². The summed E-state index contributed by atoms with van der Waals surface area (Å²) in [5.74, 6) is 2.27. The van der Waals surface area contributed by atoms with Crippen molar-refractivity contribution in [2.45, 2.75) is 0 Å². The molecule has 0 aliphatic carbocycles. The monoisotopic (exact) mass is 266 g/mol. The maximum atomic E-state index is 5.83. The van der Waals surface area contributed by atoms with Crippen molar-refractivity contribution in [1.82, 2.24) is 9.55 Å². The van der Waals surface area contributed by atoms with Crippen LogP contribution in [0.3, 0.4) is 0 Å². The van der Waals surface area contributed by atoms with Crippen LogP contribution in [0.1, 0.15) is 0 Å². The van der Waals surface area contributed by atoms with Crippen LogP contribution in [0, 0.1) is 0 Å². The molecule has 1 aromatic heterocycles. The second-order valence-electron chi connectivity index (χ2n) is 4.22. The van der Waals surface area contributed by atoms with E-state index in [4.69, 9.17) is 9.47 Å². The standard InChI is InChI=1S/C16H14N2O2/c1-19-14-9-7-13(8-10-14)18-12-17-11-16(18)20-15-5-3-2-4-6-15/h2-12H,1H3. The first-order valence-corrected chi connectivity index (χ1v) is 6.26. The average molecular weight is 266 g/mol. The molecule has 0 amide bonds. The van der Waals surface area contributed by atoms with E-state index in [1.807, 2.05) is 59.2 Å². The molecule has 0 radical (unpaired) electrons. The third kappa shape index (κ3) is 2.49. The summed E-state index contributed by atoms with van der Waals surface area (Å²) in [7, 11) is 1.65. The van der Waals surface area contributed by atoms with Gasteiger partial charge in [0.2, 0.25) is 5.88 Å². The first-order valence-electron chi connectivity index (χ1n) is 6.26. The van der Waals surface area contributed by atoms with Crippen LogP contribution >= 0.6 is 0 Å². The molecule has 100 valence electrons. The maximum Gasteiger partial charge on any atom is 0.224 e. The van der Waals surface area contributed by atoms with Gasteiger partial charge in [0.25, 0.3) is 0 Å². The predicted molar refractivity (Wildman–Crippen MR) is 76.6 cm³/mol. The Labute approximate surface area is 117 Å². The summed E-state index contributed by atoms with van der Waals surface area (Å²) in [6, 6.07) is 17.4.